The summed E-state index contributed by atoms with van der Waals surface area (Å²) in [4.78, 5) is 0. The van der Waals surface area contributed by atoms with E-state index < -0.39 is 43.2 Å². The minimum atomic E-state index is -3.86. The molecule has 0 aromatic rings. The van der Waals surface area contributed by atoms with Gasteiger partial charge in [-0.1, -0.05) is 20.8 Å². The minimum absolute atomic E-state index is 0.0515. The third-order valence-electron chi connectivity index (χ3n) is 4.11. The third-order valence-corrected chi connectivity index (χ3v) is 9.15. The van der Waals surface area contributed by atoms with Crippen LogP contribution in [0.1, 0.15) is 28.6 Å². The molecule has 0 aliphatic carbocycles. The zero-order chi connectivity index (χ0) is 17.2. The molecular weight excluding hydrogens is 312 g/mol. The molecule has 8 heteroatoms. The molecule has 0 bridgehead atoms. The molecule has 1 saturated heterocycles. The van der Waals surface area contributed by atoms with E-state index in [1.54, 1.807) is 0 Å². The van der Waals surface area contributed by atoms with E-state index in [1.807, 2.05) is 0 Å². The molecule has 0 amide bonds. The van der Waals surface area contributed by atoms with Crippen molar-refractivity contribution in [3.63, 3.8) is 0 Å². The van der Waals surface area contributed by atoms with Crippen molar-refractivity contribution in [3.8, 4) is 0 Å². The molecule has 1 rings (SSSR count). The molecule has 0 aromatic carbocycles. The summed E-state index contributed by atoms with van der Waals surface area (Å²) in [5.41, 5.74) is 0. The first-order valence-corrected chi connectivity index (χ1v) is 11.4. The van der Waals surface area contributed by atoms with Crippen LogP contribution in [-0.4, -0.2) is 55.2 Å². The number of hydrogen-bond acceptors (Lipinski definition) is 6. The van der Waals surface area contributed by atoms with Gasteiger partial charge in [0.05, 0.1) is 12.8 Å². The molecule has 1 aliphatic rings. The summed E-state index contributed by atoms with van der Waals surface area (Å²) in [6.07, 6.45) is -2.21. The van der Waals surface area contributed by atoms with Gasteiger partial charge < -0.3 is 13.9 Å². The second-order valence-electron chi connectivity index (χ2n) is 6.84. The van der Waals surface area contributed by atoms with Crippen LogP contribution in [0.4, 0.5) is 0 Å². The summed E-state index contributed by atoms with van der Waals surface area (Å²) < 4.78 is 52.0. The Labute approximate surface area is 130 Å². The van der Waals surface area contributed by atoms with Crippen molar-refractivity contribution < 1.29 is 27.9 Å². The highest BCUT2D eigenvalue weighted by molar-refractivity contribution is 7.86. The molecule has 126 valence electrons. The molecule has 0 radical (unpaired) electrons. The van der Waals surface area contributed by atoms with E-state index in [4.69, 9.17) is 19.5 Å². The van der Waals surface area contributed by atoms with Gasteiger partial charge >= 0.3 is 0 Å². The van der Waals surface area contributed by atoms with Crippen LogP contribution in [0, 0.1) is 0 Å². The van der Waals surface area contributed by atoms with Gasteiger partial charge in [-0.25, -0.2) is 0 Å². The van der Waals surface area contributed by atoms with Gasteiger partial charge in [0.2, 0.25) is 0 Å². The summed E-state index contributed by atoms with van der Waals surface area (Å²) >= 11 is 0. The van der Waals surface area contributed by atoms with Crippen LogP contribution < -0.4 is 0 Å². The molecule has 6 nitrogen and oxygen atoms in total. The predicted molar refractivity (Wildman–Crippen MR) is 83.2 cm³/mol. The lowest BCUT2D eigenvalue weighted by Gasteiger charge is -2.37. The molecule has 1 unspecified atom stereocenters. The summed E-state index contributed by atoms with van der Waals surface area (Å²) in [6, 6.07) is 0. The van der Waals surface area contributed by atoms with Crippen LogP contribution in [0.3, 0.4) is 0 Å². The monoisotopic (exact) mass is 341 g/mol. The van der Waals surface area contributed by atoms with Crippen molar-refractivity contribution in [2.75, 3.05) is 19.9 Å². The summed E-state index contributed by atoms with van der Waals surface area (Å²) in [5.74, 6) is 0. The van der Waals surface area contributed by atoms with Gasteiger partial charge in [-0.05, 0) is 18.1 Å². The molecule has 0 N–H and O–H groups in total. The van der Waals surface area contributed by atoms with Crippen molar-refractivity contribution in [2.24, 2.45) is 0 Å². The van der Waals surface area contributed by atoms with Crippen LogP contribution in [0.2, 0.25) is 18.1 Å². The van der Waals surface area contributed by atoms with Gasteiger partial charge in [0, 0.05) is 14.9 Å². The molecule has 3 atom stereocenters. The van der Waals surface area contributed by atoms with E-state index in [-0.39, 0.29) is 11.6 Å². The maximum Gasteiger partial charge on any atom is 0.264 e. The van der Waals surface area contributed by atoms with E-state index in [2.05, 4.69) is 33.9 Å². The first kappa shape index (κ1) is 17.4. The SMILES string of the molecule is [2H]CS(=O)(=O)O[C@H]1CC(OC)O[C@@H]1CO[Si](C)(C)C(C)(C)C. The lowest BCUT2D eigenvalue weighted by molar-refractivity contribution is -0.125. The highest BCUT2D eigenvalue weighted by atomic mass is 32.2. The molecule has 0 spiro atoms. The molecule has 1 fully saturated rings. The van der Waals surface area contributed by atoms with E-state index in [0.29, 0.717) is 6.42 Å². The minimum Gasteiger partial charge on any atom is -0.414 e. The Morgan fingerprint density at radius 1 is 1.38 bits per heavy atom. The normalized spacial score (nSPS) is 28.7. The first-order chi connectivity index (χ1) is 9.92. The van der Waals surface area contributed by atoms with Crippen LogP contribution >= 0.6 is 0 Å². The maximum atomic E-state index is 11.5. The lowest BCUT2D eigenvalue weighted by Crippen LogP contribution is -2.44. The van der Waals surface area contributed by atoms with Gasteiger partial charge in [-0.15, -0.1) is 0 Å². The largest absolute Gasteiger partial charge is 0.414 e. The van der Waals surface area contributed by atoms with Gasteiger partial charge in [-0.3, -0.25) is 4.18 Å². The van der Waals surface area contributed by atoms with E-state index in [9.17, 15) is 8.42 Å². The highest BCUT2D eigenvalue weighted by Crippen LogP contribution is 2.37. The van der Waals surface area contributed by atoms with Gasteiger partial charge in [0.1, 0.15) is 12.2 Å². The predicted octanol–water partition coefficient (Wildman–Crippen LogP) is 2.11. The van der Waals surface area contributed by atoms with Crippen LogP contribution in [0.15, 0.2) is 0 Å². The van der Waals surface area contributed by atoms with Crippen LogP contribution in [0.25, 0.3) is 0 Å². The van der Waals surface area contributed by atoms with Crippen molar-refractivity contribution in [1.82, 2.24) is 0 Å². The topological polar surface area (TPSA) is 71.1 Å². The van der Waals surface area contributed by atoms with Gasteiger partial charge in [0.15, 0.2) is 14.6 Å². The molecule has 1 aliphatic heterocycles. The van der Waals surface area contributed by atoms with E-state index in [1.165, 1.54) is 7.11 Å². The zero-order valence-electron chi connectivity index (χ0n) is 14.7. The molecule has 21 heavy (non-hydrogen) atoms. The highest BCUT2D eigenvalue weighted by Gasteiger charge is 2.42. The second kappa shape index (κ2) is 6.63. The summed E-state index contributed by atoms with van der Waals surface area (Å²) in [5, 5.41) is 0.0515. The van der Waals surface area contributed by atoms with Gasteiger partial charge in [0.25, 0.3) is 10.1 Å². The third kappa shape index (κ3) is 5.61. The Kier molecular flexibility index (Phi) is 5.48. The van der Waals surface area contributed by atoms with Crippen LogP contribution in [0.5, 0.6) is 0 Å². The maximum absolute atomic E-state index is 11.5. The van der Waals surface area contributed by atoms with Crippen molar-refractivity contribution in [2.45, 2.75) is 63.8 Å². The summed E-state index contributed by atoms with van der Waals surface area (Å²) in [7, 11) is -4.33. The van der Waals surface area contributed by atoms with E-state index in [0.717, 1.165) is 0 Å². The Morgan fingerprint density at radius 3 is 2.48 bits per heavy atom. The zero-order valence-corrected chi connectivity index (χ0v) is 15.5. The first-order valence-electron chi connectivity index (χ1n) is 7.65. The number of hydrogen-bond donors (Lipinski definition) is 0. The fourth-order valence-corrected chi connectivity index (χ4v) is 3.37. The van der Waals surface area contributed by atoms with E-state index >= 15 is 0 Å². The van der Waals surface area contributed by atoms with Crippen molar-refractivity contribution >= 4 is 18.4 Å². The number of rotatable bonds is 6. The van der Waals surface area contributed by atoms with Crippen molar-refractivity contribution in [1.29, 1.82) is 0 Å². The quantitative estimate of drug-likeness (QED) is 0.544. The second-order valence-corrected chi connectivity index (χ2v) is 13.0. The van der Waals surface area contributed by atoms with Crippen molar-refractivity contribution in [3.05, 3.63) is 0 Å². The molecule has 0 saturated carbocycles. The number of ether oxygens (including phenoxy) is 2. The van der Waals surface area contributed by atoms with Crippen LogP contribution in [-0.2, 0) is 28.2 Å². The Bertz CT molecular complexity index is 462. The lowest BCUT2D eigenvalue weighted by atomic mass is 10.2. The summed E-state index contributed by atoms with van der Waals surface area (Å²) in [6.45, 7) is 10.9. The smallest absolute Gasteiger partial charge is 0.264 e. The Balaban J connectivity index is 2.73. The fraction of sp³-hybridized carbons (Fsp3) is 1.00. The van der Waals surface area contributed by atoms with Gasteiger partial charge in [-0.2, -0.15) is 8.42 Å². The average molecular weight is 342 g/mol. The number of methoxy groups -OCH3 is 1. The fourth-order valence-electron chi connectivity index (χ4n) is 1.77. The standard InChI is InChI=1S/C13H28O6SSi/c1-13(2,3)21(6,7)17-9-11-10(19-20(5,14)15)8-12(16-4)18-11/h10-12H,8-9H2,1-7H3/t10-,11+,12?/m0/s1/i5D. The Hall–Kier alpha value is 0.00688. The Morgan fingerprint density at radius 2 is 2.00 bits per heavy atom. The molecule has 1 heterocycles. The molecular formula is C13H28O6SSi. The molecule has 0 aromatic heterocycles. The average Bonchev–Trinajstić information content (AvgIpc) is 2.77.